The number of morpholine rings is 1. The number of rotatable bonds is 6. The fourth-order valence-corrected chi connectivity index (χ4v) is 5.41. The van der Waals surface area contributed by atoms with Gasteiger partial charge in [-0.05, 0) is 30.5 Å². The molecule has 1 aromatic carbocycles. The number of carbonyl (C=O) groups excluding carboxylic acids is 3. The topological polar surface area (TPSA) is 91.0 Å². The number of urea groups is 1. The smallest absolute Gasteiger partial charge is 0.319 e. The molecule has 0 radical (unpaired) electrons. The summed E-state index contributed by atoms with van der Waals surface area (Å²) in [5, 5.41) is 5.78. The van der Waals surface area contributed by atoms with Crippen LogP contribution >= 0.6 is 11.8 Å². The molecule has 168 valence electrons. The highest BCUT2D eigenvalue weighted by atomic mass is 32.2. The number of anilines is 1. The summed E-state index contributed by atoms with van der Waals surface area (Å²) >= 11 is 1.03. The molecule has 8 nitrogen and oxygen atoms in total. The van der Waals surface area contributed by atoms with E-state index in [4.69, 9.17) is 4.74 Å². The number of amides is 4. The fourth-order valence-electron chi connectivity index (χ4n) is 4.68. The Morgan fingerprint density at radius 2 is 1.77 bits per heavy atom. The van der Waals surface area contributed by atoms with Gasteiger partial charge in [0.05, 0.1) is 25.5 Å². The first-order valence-electron chi connectivity index (χ1n) is 11.0. The van der Waals surface area contributed by atoms with Crippen LogP contribution in [0.4, 0.5) is 15.3 Å². The summed E-state index contributed by atoms with van der Waals surface area (Å²) in [4.78, 5) is 39.8. The number of hydrogen-bond donors (Lipinski definition) is 2. The van der Waals surface area contributed by atoms with E-state index in [9.17, 15) is 14.4 Å². The first-order chi connectivity index (χ1) is 15.1. The maximum absolute atomic E-state index is 12.6. The lowest BCUT2D eigenvalue weighted by molar-refractivity contribution is -0.125. The summed E-state index contributed by atoms with van der Waals surface area (Å²) in [6.45, 7) is 4.25. The highest BCUT2D eigenvalue weighted by molar-refractivity contribution is 8.14. The van der Waals surface area contributed by atoms with Crippen molar-refractivity contribution in [2.45, 2.75) is 44.2 Å². The van der Waals surface area contributed by atoms with Crippen LogP contribution in [0, 0.1) is 0 Å². The predicted molar refractivity (Wildman–Crippen MR) is 120 cm³/mol. The molecule has 2 N–H and O–H groups in total. The molecule has 2 heterocycles. The zero-order valence-electron chi connectivity index (χ0n) is 17.7. The van der Waals surface area contributed by atoms with Gasteiger partial charge in [-0.25, -0.2) is 4.79 Å². The molecule has 4 amide bonds. The summed E-state index contributed by atoms with van der Waals surface area (Å²) in [5.41, 5.74) is 1.55. The number of ether oxygens (including phenoxy) is 1. The van der Waals surface area contributed by atoms with Crippen molar-refractivity contribution in [1.29, 1.82) is 0 Å². The van der Waals surface area contributed by atoms with E-state index in [2.05, 4.69) is 15.5 Å². The molecule has 1 saturated carbocycles. The zero-order chi connectivity index (χ0) is 21.7. The molecule has 2 saturated heterocycles. The molecular formula is C22H30N4O4S. The third-order valence-corrected chi connectivity index (χ3v) is 7.30. The number of imide groups is 1. The van der Waals surface area contributed by atoms with Crippen molar-refractivity contribution < 1.29 is 19.1 Å². The van der Waals surface area contributed by atoms with Crippen molar-refractivity contribution in [2.24, 2.45) is 0 Å². The number of nitrogens with one attached hydrogen (secondary N) is 2. The average Bonchev–Trinajstić information content (AvgIpc) is 3.12. The van der Waals surface area contributed by atoms with Gasteiger partial charge in [0.25, 0.3) is 5.24 Å². The minimum atomic E-state index is -0.216. The van der Waals surface area contributed by atoms with Crippen LogP contribution in [-0.2, 0) is 16.1 Å². The van der Waals surface area contributed by atoms with Gasteiger partial charge >= 0.3 is 6.03 Å². The van der Waals surface area contributed by atoms with Gasteiger partial charge in [0.15, 0.2) is 0 Å². The number of nitrogens with zero attached hydrogens (tertiary/aromatic N) is 2. The second-order valence-electron chi connectivity index (χ2n) is 8.42. The molecule has 0 aromatic heterocycles. The van der Waals surface area contributed by atoms with Crippen molar-refractivity contribution in [2.75, 3.05) is 43.9 Å². The molecule has 0 atom stereocenters. The Hall–Kier alpha value is -2.10. The molecule has 0 bridgehead atoms. The number of carbonyl (C=O) groups is 3. The molecule has 1 aromatic rings. The zero-order valence-corrected chi connectivity index (χ0v) is 18.5. The molecule has 4 rings (SSSR count). The first kappa shape index (κ1) is 22.1. The van der Waals surface area contributed by atoms with Crippen molar-refractivity contribution in [3.63, 3.8) is 0 Å². The van der Waals surface area contributed by atoms with Crippen LogP contribution in [0.15, 0.2) is 24.3 Å². The van der Waals surface area contributed by atoms with Gasteiger partial charge in [-0.1, -0.05) is 43.2 Å². The van der Waals surface area contributed by atoms with E-state index < -0.39 is 0 Å². The van der Waals surface area contributed by atoms with Crippen LogP contribution in [0.3, 0.4) is 0 Å². The Morgan fingerprint density at radius 3 is 2.42 bits per heavy atom. The highest BCUT2D eigenvalue weighted by Gasteiger charge is 2.38. The Balaban J connectivity index is 1.30. The van der Waals surface area contributed by atoms with E-state index in [1.807, 2.05) is 12.1 Å². The fraction of sp³-hybridized carbons (Fsp3) is 0.591. The lowest BCUT2D eigenvalue weighted by Crippen LogP contribution is -2.60. The van der Waals surface area contributed by atoms with Gasteiger partial charge in [0.1, 0.15) is 0 Å². The molecule has 1 aliphatic carbocycles. The number of benzene rings is 1. The van der Waals surface area contributed by atoms with Crippen LogP contribution in [-0.4, -0.2) is 71.1 Å². The SMILES string of the molecule is O=C(NCC1(N2CCOCC2)CCCCC1)Nc1ccc(CN2C(=O)CSC2=O)cc1. The first-order valence-corrected chi connectivity index (χ1v) is 12.0. The summed E-state index contributed by atoms with van der Waals surface area (Å²) in [5.74, 6) is 0.0541. The maximum atomic E-state index is 12.6. The molecular weight excluding hydrogens is 416 g/mol. The lowest BCUT2D eigenvalue weighted by Gasteiger charge is -2.48. The second-order valence-corrected chi connectivity index (χ2v) is 9.35. The Kier molecular flexibility index (Phi) is 7.14. The van der Waals surface area contributed by atoms with E-state index in [-0.39, 0.29) is 35.0 Å². The Labute approximate surface area is 187 Å². The van der Waals surface area contributed by atoms with Gasteiger partial charge in [0, 0.05) is 30.9 Å². The molecule has 3 fully saturated rings. The molecule has 31 heavy (non-hydrogen) atoms. The number of hydrogen-bond acceptors (Lipinski definition) is 6. The van der Waals surface area contributed by atoms with E-state index in [1.165, 1.54) is 24.2 Å². The van der Waals surface area contributed by atoms with Crippen LogP contribution in [0.2, 0.25) is 0 Å². The second kappa shape index (κ2) is 10.0. The van der Waals surface area contributed by atoms with E-state index >= 15 is 0 Å². The normalized spacial score (nSPS) is 21.9. The van der Waals surface area contributed by atoms with E-state index in [0.717, 1.165) is 56.5 Å². The molecule has 3 aliphatic rings. The van der Waals surface area contributed by atoms with Crippen LogP contribution in [0.1, 0.15) is 37.7 Å². The van der Waals surface area contributed by atoms with Crippen molar-refractivity contribution >= 4 is 34.6 Å². The minimum absolute atomic E-state index is 0.0239. The van der Waals surface area contributed by atoms with Gasteiger partial charge in [0.2, 0.25) is 5.91 Å². The van der Waals surface area contributed by atoms with Crippen molar-refractivity contribution in [1.82, 2.24) is 15.1 Å². The third-order valence-electron chi connectivity index (χ3n) is 6.44. The number of thioether (sulfide) groups is 1. The molecule has 2 aliphatic heterocycles. The summed E-state index contributed by atoms with van der Waals surface area (Å²) in [7, 11) is 0. The standard InChI is InChI=1S/C22H30N4O4S/c27-19-15-31-21(29)26(19)14-17-4-6-18(7-5-17)24-20(28)23-16-22(8-2-1-3-9-22)25-10-12-30-13-11-25/h4-7H,1-3,8-16H2,(H2,23,24,28). The Bertz CT molecular complexity index is 788. The lowest BCUT2D eigenvalue weighted by atomic mass is 9.80. The molecule has 0 unspecified atom stereocenters. The monoisotopic (exact) mass is 446 g/mol. The third kappa shape index (κ3) is 5.39. The van der Waals surface area contributed by atoms with Gasteiger partial charge in [-0.15, -0.1) is 0 Å². The maximum Gasteiger partial charge on any atom is 0.319 e. The van der Waals surface area contributed by atoms with E-state index in [1.54, 1.807) is 12.1 Å². The largest absolute Gasteiger partial charge is 0.379 e. The highest BCUT2D eigenvalue weighted by Crippen LogP contribution is 2.34. The predicted octanol–water partition coefficient (Wildman–Crippen LogP) is 3.04. The Morgan fingerprint density at radius 1 is 1.06 bits per heavy atom. The van der Waals surface area contributed by atoms with Crippen molar-refractivity contribution in [3.05, 3.63) is 29.8 Å². The van der Waals surface area contributed by atoms with Crippen LogP contribution in [0.5, 0.6) is 0 Å². The van der Waals surface area contributed by atoms with Crippen LogP contribution < -0.4 is 10.6 Å². The van der Waals surface area contributed by atoms with Gasteiger partial charge in [-0.2, -0.15) is 0 Å². The summed E-state index contributed by atoms with van der Waals surface area (Å²) in [6, 6.07) is 7.04. The van der Waals surface area contributed by atoms with Crippen molar-refractivity contribution in [3.8, 4) is 0 Å². The molecule has 9 heteroatoms. The van der Waals surface area contributed by atoms with Crippen LogP contribution in [0.25, 0.3) is 0 Å². The van der Waals surface area contributed by atoms with Gasteiger partial charge in [-0.3, -0.25) is 19.4 Å². The summed E-state index contributed by atoms with van der Waals surface area (Å²) in [6.07, 6.45) is 5.87. The molecule has 0 spiro atoms. The summed E-state index contributed by atoms with van der Waals surface area (Å²) < 4.78 is 5.52. The quantitative estimate of drug-likeness (QED) is 0.698. The average molecular weight is 447 g/mol. The minimum Gasteiger partial charge on any atom is -0.379 e. The van der Waals surface area contributed by atoms with E-state index in [0.29, 0.717) is 12.2 Å². The van der Waals surface area contributed by atoms with Gasteiger partial charge < -0.3 is 15.4 Å².